The van der Waals surface area contributed by atoms with E-state index in [0.717, 1.165) is 18.8 Å². The zero-order valence-corrected chi connectivity index (χ0v) is 10.6. The average Bonchev–Trinajstić information content (AvgIpc) is 2.35. The lowest BCUT2D eigenvalue weighted by Gasteiger charge is -2.26. The first-order chi connectivity index (χ1) is 8.19. The molecule has 0 aromatic carbocycles. The molecule has 1 aromatic heterocycles. The van der Waals surface area contributed by atoms with Crippen LogP contribution < -0.4 is 16.0 Å². The molecular formula is C11H17ClN4O. The predicted octanol–water partition coefficient (Wildman–Crippen LogP) is 2.37. The quantitative estimate of drug-likeness (QED) is 0.642. The molecule has 3 N–H and O–H groups in total. The van der Waals surface area contributed by atoms with Crippen molar-refractivity contribution in [1.29, 1.82) is 0 Å². The van der Waals surface area contributed by atoms with Crippen LogP contribution in [0.15, 0.2) is 6.20 Å². The van der Waals surface area contributed by atoms with E-state index >= 15 is 0 Å². The van der Waals surface area contributed by atoms with Gasteiger partial charge in [-0.1, -0.05) is 18.5 Å². The fourth-order valence-electron chi connectivity index (χ4n) is 2.01. The number of rotatable bonds is 3. The minimum Gasteiger partial charge on any atom is -0.473 e. The number of hydrogen-bond acceptors (Lipinski definition) is 5. The highest BCUT2D eigenvalue weighted by Gasteiger charge is 2.21. The van der Waals surface area contributed by atoms with E-state index in [1.54, 1.807) is 0 Å². The fraction of sp³-hybridized carbons (Fsp3) is 0.636. The van der Waals surface area contributed by atoms with E-state index in [2.05, 4.69) is 22.3 Å². The molecule has 6 heteroatoms. The SMILES string of the molecule is CC1CCC(Oc2nc(NN)ncc2Cl)CC1. The Morgan fingerprint density at radius 2 is 2.12 bits per heavy atom. The molecule has 94 valence electrons. The van der Waals surface area contributed by atoms with Gasteiger partial charge in [0.1, 0.15) is 11.1 Å². The number of hydrazine groups is 1. The van der Waals surface area contributed by atoms with Crippen molar-refractivity contribution in [3.05, 3.63) is 11.2 Å². The van der Waals surface area contributed by atoms with E-state index < -0.39 is 0 Å². The molecule has 0 bridgehead atoms. The number of nitrogens with zero attached hydrogens (tertiary/aromatic N) is 2. The minimum atomic E-state index is 0.198. The number of halogens is 1. The molecule has 0 amide bonds. The molecule has 5 nitrogen and oxygen atoms in total. The molecular weight excluding hydrogens is 240 g/mol. The Hall–Kier alpha value is -1.07. The summed E-state index contributed by atoms with van der Waals surface area (Å²) >= 11 is 5.98. The van der Waals surface area contributed by atoms with Crippen LogP contribution in [-0.2, 0) is 0 Å². The highest BCUT2D eigenvalue weighted by atomic mass is 35.5. The van der Waals surface area contributed by atoms with Crippen molar-refractivity contribution in [3.8, 4) is 5.88 Å². The number of nitrogen functional groups attached to an aromatic ring is 1. The van der Waals surface area contributed by atoms with Gasteiger partial charge in [-0.2, -0.15) is 4.98 Å². The van der Waals surface area contributed by atoms with Gasteiger partial charge in [0.15, 0.2) is 0 Å². The van der Waals surface area contributed by atoms with E-state index in [0.29, 0.717) is 16.9 Å². The molecule has 0 radical (unpaired) electrons. The summed E-state index contributed by atoms with van der Waals surface area (Å²) < 4.78 is 5.80. The van der Waals surface area contributed by atoms with Crippen LogP contribution in [0.2, 0.25) is 5.02 Å². The summed E-state index contributed by atoms with van der Waals surface area (Å²) in [6.45, 7) is 2.27. The van der Waals surface area contributed by atoms with Gasteiger partial charge in [0.2, 0.25) is 11.8 Å². The monoisotopic (exact) mass is 256 g/mol. The molecule has 1 aromatic rings. The summed E-state index contributed by atoms with van der Waals surface area (Å²) in [4.78, 5) is 8.01. The molecule has 1 aliphatic carbocycles. The first kappa shape index (κ1) is 12.4. The highest BCUT2D eigenvalue weighted by molar-refractivity contribution is 6.31. The summed E-state index contributed by atoms with van der Waals surface area (Å²) in [5.74, 6) is 6.76. The van der Waals surface area contributed by atoms with Crippen molar-refractivity contribution < 1.29 is 4.74 Å². The van der Waals surface area contributed by atoms with Crippen molar-refractivity contribution in [2.75, 3.05) is 5.43 Å². The number of hydrogen-bond donors (Lipinski definition) is 2. The lowest BCUT2D eigenvalue weighted by atomic mass is 9.89. The number of aromatic nitrogens is 2. The van der Waals surface area contributed by atoms with Gasteiger partial charge in [-0.05, 0) is 31.6 Å². The van der Waals surface area contributed by atoms with Crippen molar-refractivity contribution >= 4 is 17.5 Å². The molecule has 0 aliphatic heterocycles. The lowest BCUT2D eigenvalue weighted by molar-refractivity contribution is 0.130. The number of nitrogens with one attached hydrogen (secondary N) is 1. The van der Waals surface area contributed by atoms with Gasteiger partial charge in [-0.15, -0.1) is 0 Å². The number of ether oxygens (including phenoxy) is 1. The van der Waals surface area contributed by atoms with Crippen LogP contribution in [0.3, 0.4) is 0 Å². The topological polar surface area (TPSA) is 73.1 Å². The van der Waals surface area contributed by atoms with Gasteiger partial charge in [0, 0.05) is 0 Å². The normalized spacial score (nSPS) is 24.4. The summed E-state index contributed by atoms with van der Waals surface area (Å²) in [5, 5.41) is 0.419. The van der Waals surface area contributed by atoms with Gasteiger partial charge >= 0.3 is 0 Å². The van der Waals surface area contributed by atoms with Crippen LogP contribution in [0.5, 0.6) is 5.88 Å². The molecule has 2 rings (SSSR count). The minimum absolute atomic E-state index is 0.198. The van der Waals surface area contributed by atoms with Gasteiger partial charge in [0.05, 0.1) is 6.20 Å². The van der Waals surface area contributed by atoms with Crippen molar-refractivity contribution in [1.82, 2.24) is 9.97 Å². The third-order valence-corrected chi connectivity index (χ3v) is 3.34. The Morgan fingerprint density at radius 3 is 2.76 bits per heavy atom. The maximum Gasteiger partial charge on any atom is 0.240 e. The average molecular weight is 257 g/mol. The number of nitrogens with two attached hydrogens (primary N) is 1. The summed E-state index contributed by atoms with van der Waals surface area (Å²) in [7, 11) is 0. The van der Waals surface area contributed by atoms with Crippen LogP contribution in [0, 0.1) is 5.92 Å². The predicted molar refractivity (Wildman–Crippen MR) is 66.9 cm³/mol. The van der Waals surface area contributed by atoms with Crippen LogP contribution >= 0.6 is 11.6 Å². The third-order valence-electron chi connectivity index (χ3n) is 3.08. The third kappa shape index (κ3) is 3.20. The first-order valence-electron chi connectivity index (χ1n) is 5.85. The number of anilines is 1. The Bertz CT molecular complexity index is 380. The molecule has 0 unspecified atom stereocenters. The molecule has 1 saturated carbocycles. The largest absolute Gasteiger partial charge is 0.473 e. The fourth-order valence-corrected chi connectivity index (χ4v) is 2.14. The zero-order chi connectivity index (χ0) is 12.3. The van der Waals surface area contributed by atoms with Crippen LogP contribution in [0.25, 0.3) is 0 Å². The van der Waals surface area contributed by atoms with Gasteiger partial charge in [-0.3, -0.25) is 5.43 Å². The van der Waals surface area contributed by atoms with Gasteiger partial charge in [-0.25, -0.2) is 10.8 Å². The van der Waals surface area contributed by atoms with Crippen LogP contribution in [0.1, 0.15) is 32.6 Å². The molecule has 0 spiro atoms. The van der Waals surface area contributed by atoms with E-state index in [9.17, 15) is 0 Å². The van der Waals surface area contributed by atoms with Gasteiger partial charge in [0.25, 0.3) is 0 Å². The van der Waals surface area contributed by atoms with E-state index in [1.807, 2.05) is 0 Å². The second-order valence-electron chi connectivity index (χ2n) is 4.49. The summed E-state index contributed by atoms with van der Waals surface area (Å²) in [6.07, 6.45) is 6.17. The maximum absolute atomic E-state index is 5.98. The Morgan fingerprint density at radius 1 is 1.41 bits per heavy atom. The summed E-state index contributed by atoms with van der Waals surface area (Å²) in [6, 6.07) is 0. The molecule has 17 heavy (non-hydrogen) atoms. The molecule has 1 aliphatic rings. The van der Waals surface area contributed by atoms with E-state index in [4.69, 9.17) is 22.2 Å². The second kappa shape index (κ2) is 5.51. The summed E-state index contributed by atoms with van der Waals surface area (Å²) in [5.41, 5.74) is 2.38. The van der Waals surface area contributed by atoms with Gasteiger partial charge < -0.3 is 4.74 Å². The Balaban J connectivity index is 2.02. The molecule has 1 fully saturated rings. The van der Waals surface area contributed by atoms with E-state index in [-0.39, 0.29) is 6.10 Å². The second-order valence-corrected chi connectivity index (χ2v) is 4.90. The molecule has 0 atom stereocenters. The Labute approximate surface area is 106 Å². The van der Waals surface area contributed by atoms with Crippen molar-refractivity contribution in [3.63, 3.8) is 0 Å². The molecule has 1 heterocycles. The Kier molecular flexibility index (Phi) is 4.02. The van der Waals surface area contributed by atoms with Crippen molar-refractivity contribution in [2.45, 2.75) is 38.7 Å². The lowest BCUT2D eigenvalue weighted by Crippen LogP contribution is -2.24. The maximum atomic E-state index is 5.98. The molecule has 0 saturated heterocycles. The van der Waals surface area contributed by atoms with Crippen molar-refractivity contribution in [2.24, 2.45) is 11.8 Å². The smallest absolute Gasteiger partial charge is 0.240 e. The first-order valence-corrected chi connectivity index (χ1v) is 6.22. The van der Waals surface area contributed by atoms with Crippen LogP contribution in [0.4, 0.5) is 5.95 Å². The highest BCUT2D eigenvalue weighted by Crippen LogP contribution is 2.29. The van der Waals surface area contributed by atoms with Crippen LogP contribution in [-0.4, -0.2) is 16.1 Å². The van der Waals surface area contributed by atoms with E-state index in [1.165, 1.54) is 19.0 Å². The standard InChI is InChI=1S/C11H17ClN4O/c1-7-2-4-8(5-3-7)17-10-9(12)6-14-11(15-10)16-13/h6-8H,2-5,13H2,1H3,(H,14,15,16). The zero-order valence-electron chi connectivity index (χ0n) is 9.82.